The van der Waals surface area contributed by atoms with Gasteiger partial charge in [-0.3, -0.25) is 9.78 Å². The van der Waals surface area contributed by atoms with E-state index < -0.39 is 0 Å². The van der Waals surface area contributed by atoms with E-state index in [0.717, 1.165) is 27.7 Å². The minimum Gasteiger partial charge on any atom is -0.481 e. The van der Waals surface area contributed by atoms with Gasteiger partial charge in [0.15, 0.2) is 0 Å². The summed E-state index contributed by atoms with van der Waals surface area (Å²) in [5.41, 5.74) is 3.89. The lowest BCUT2D eigenvalue weighted by Crippen LogP contribution is -2.23. The summed E-state index contributed by atoms with van der Waals surface area (Å²) in [6.45, 7) is 0.372. The molecular formula is C22H18N4O2. The Morgan fingerprint density at radius 3 is 2.64 bits per heavy atom. The molecule has 6 nitrogen and oxygen atoms in total. The molecule has 1 N–H and O–H groups in total. The van der Waals surface area contributed by atoms with Crippen LogP contribution in [0.25, 0.3) is 22.2 Å². The van der Waals surface area contributed by atoms with Crippen LogP contribution in [0.1, 0.15) is 15.9 Å². The zero-order valence-electron chi connectivity index (χ0n) is 15.3. The van der Waals surface area contributed by atoms with Crippen molar-refractivity contribution in [2.45, 2.75) is 6.54 Å². The second-order valence-corrected chi connectivity index (χ2v) is 6.20. The topological polar surface area (TPSA) is 77.0 Å². The number of ether oxygens (including phenoxy) is 1. The summed E-state index contributed by atoms with van der Waals surface area (Å²) in [5, 5.41) is 3.77. The first kappa shape index (κ1) is 17.6. The Morgan fingerprint density at radius 1 is 1.07 bits per heavy atom. The Bertz CT molecular complexity index is 1110. The Balaban J connectivity index is 1.65. The normalized spacial score (nSPS) is 10.6. The molecule has 3 heterocycles. The molecule has 0 radical (unpaired) electrons. The second kappa shape index (κ2) is 7.84. The van der Waals surface area contributed by atoms with Gasteiger partial charge in [0.25, 0.3) is 5.91 Å². The molecule has 0 spiro atoms. The number of methoxy groups -OCH3 is 1. The summed E-state index contributed by atoms with van der Waals surface area (Å²) in [6.07, 6.45) is 5.11. The van der Waals surface area contributed by atoms with E-state index in [0.29, 0.717) is 18.0 Å². The average Bonchev–Trinajstić information content (AvgIpc) is 2.77. The number of rotatable bonds is 5. The minimum atomic E-state index is -0.162. The summed E-state index contributed by atoms with van der Waals surface area (Å²) in [7, 11) is 1.57. The standard InChI is InChI=1S/C22H18N4O2/c1-28-21-7-6-15(13-24-21)14-25-22(27)18-12-20(16-8-10-23-11-9-16)26-19-5-3-2-4-17(18)19/h2-13H,14H2,1H3,(H,25,27). The van der Waals surface area contributed by atoms with Crippen molar-refractivity contribution >= 4 is 16.8 Å². The highest BCUT2D eigenvalue weighted by molar-refractivity contribution is 6.07. The van der Waals surface area contributed by atoms with Crippen molar-refractivity contribution in [3.8, 4) is 17.1 Å². The van der Waals surface area contributed by atoms with Crippen LogP contribution < -0.4 is 10.1 Å². The Kier molecular flexibility index (Phi) is 4.93. The van der Waals surface area contributed by atoms with Gasteiger partial charge in [-0.2, -0.15) is 0 Å². The van der Waals surface area contributed by atoms with Gasteiger partial charge in [-0.1, -0.05) is 24.3 Å². The van der Waals surface area contributed by atoms with Crippen LogP contribution in [0.3, 0.4) is 0 Å². The smallest absolute Gasteiger partial charge is 0.252 e. The third kappa shape index (κ3) is 3.66. The molecule has 0 fully saturated rings. The number of fused-ring (bicyclic) bond motifs is 1. The van der Waals surface area contributed by atoms with Crippen LogP contribution >= 0.6 is 0 Å². The molecule has 4 rings (SSSR count). The number of nitrogens with zero attached hydrogens (tertiary/aromatic N) is 3. The van der Waals surface area contributed by atoms with Crippen LogP contribution in [0.4, 0.5) is 0 Å². The quantitative estimate of drug-likeness (QED) is 0.580. The van der Waals surface area contributed by atoms with Gasteiger partial charge >= 0.3 is 0 Å². The van der Waals surface area contributed by atoms with E-state index in [9.17, 15) is 4.79 Å². The molecule has 4 aromatic rings. The van der Waals surface area contributed by atoms with Gasteiger partial charge in [-0.25, -0.2) is 9.97 Å². The predicted molar refractivity (Wildman–Crippen MR) is 107 cm³/mol. The molecule has 0 atom stereocenters. The van der Waals surface area contributed by atoms with E-state index in [1.54, 1.807) is 31.8 Å². The number of nitrogens with one attached hydrogen (secondary N) is 1. The van der Waals surface area contributed by atoms with Crippen molar-refractivity contribution < 1.29 is 9.53 Å². The van der Waals surface area contributed by atoms with Gasteiger partial charge in [0.1, 0.15) is 0 Å². The van der Waals surface area contributed by atoms with Crippen LogP contribution in [0, 0.1) is 0 Å². The Labute approximate surface area is 162 Å². The fourth-order valence-electron chi connectivity index (χ4n) is 2.95. The van der Waals surface area contributed by atoms with Gasteiger partial charge in [0.2, 0.25) is 5.88 Å². The second-order valence-electron chi connectivity index (χ2n) is 6.20. The number of carbonyl (C=O) groups excluding carboxylic acids is 1. The van der Waals surface area contributed by atoms with E-state index in [1.807, 2.05) is 48.5 Å². The van der Waals surface area contributed by atoms with Crippen LogP contribution in [0.15, 0.2) is 73.2 Å². The van der Waals surface area contributed by atoms with E-state index in [-0.39, 0.29) is 5.91 Å². The van der Waals surface area contributed by atoms with E-state index in [4.69, 9.17) is 9.72 Å². The number of hydrogen-bond acceptors (Lipinski definition) is 5. The molecule has 0 unspecified atom stereocenters. The molecule has 1 aromatic carbocycles. The maximum atomic E-state index is 12.9. The highest BCUT2D eigenvalue weighted by Crippen LogP contribution is 2.24. The monoisotopic (exact) mass is 370 g/mol. The summed E-state index contributed by atoms with van der Waals surface area (Å²) >= 11 is 0. The van der Waals surface area contributed by atoms with E-state index in [1.165, 1.54) is 0 Å². The Hall–Kier alpha value is -3.80. The molecule has 0 aliphatic rings. The van der Waals surface area contributed by atoms with Crippen LogP contribution in [-0.2, 0) is 6.54 Å². The average molecular weight is 370 g/mol. The van der Waals surface area contributed by atoms with Crippen LogP contribution in [0.2, 0.25) is 0 Å². The lowest BCUT2D eigenvalue weighted by Gasteiger charge is -2.11. The number of aromatic nitrogens is 3. The van der Waals surface area contributed by atoms with Gasteiger partial charge < -0.3 is 10.1 Å². The molecule has 0 aliphatic carbocycles. The van der Waals surface area contributed by atoms with Gasteiger partial charge in [0.05, 0.1) is 23.9 Å². The highest BCUT2D eigenvalue weighted by atomic mass is 16.5. The SMILES string of the molecule is COc1ccc(CNC(=O)c2cc(-c3ccncc3)nc3ccccc23)cn1. The van der Waals surface area contributed by atoms with Crippen LogP contribution in [-0.4, -0.2) is 28.0 Å². The number of hydrogen-bond donors (Lipinski definition) is 1. The zero-order valence-corrected chi connectivity index (χ0v) is 15.3. The van der Waals surface area contributed by atoms with Gasteiger partial charge in [0, 0.05) is 42.2 Å². The molecule has 6 heteroatoms. The Morgan fingerprint density at radius 2 is 1.89 bits per heavy atom. The first-order chi connectivity index (χ1) is 13.7. The third-order valence-electron chi connectivity index (χ3n) is 4.40. The van der Waals surface area contributed by atoms with E-state index in [2.05, 4.69) is 15.3 Å². The molecule has 0 bridgehead atoms. The molecule has 138 valence electrons. The lowest BCUT2D eigenvalue weighted by atomic mass is 10.0. The van der Waals surface area contributed by atoms with Crippen molar-refractivity contribution in [1.82, 2.24) is 20.3 Å². The third-order valence-corrected chi connectivity index (χ3v) is 4.40. The van der Waals surface area contributed by atoms with Crippen molar-refractivity contribution in [2.75, 3.05) is 7.11 Å². The zero-order chi connectivity index (χ0) is 19.3. The highest BCUT2D eigenvalue weighted by Gasteiger charge is 2.14. The molecule has 28 heavy (non-hydrogen) atoms. The molecule has 0 aliphatic heterocycles. The number of para-hydroxylation sites is 1. The van der Waals surface area contributed by atoms with Crippen molar-refractivity contribution in [3.63, 3.8) is 0 Å². The van der Waals surface area contributed by atoms with Crippen molar-refractivity contribution in [1.29, 1.82) is 0 Å². The van der Waals surface area contributed by atoms with Gasteiger partial charge in [-0.05, 0) is 29.8 Å². The largest absolute Gasteiger partial charge is 0.481 e. The summed E-state index contributed by atoms with van der Waals surface area (Å²) in [5.74, 6) is 0.377. The summed E-state index contributed by atoms with van der Waals surface area (Å²) < 4.78 is 5.06. The number of carbonyl (C=O) groups is 1. The minimum absolute atomic E-state index is 0.162. The summed E-state index contributed by atoms with van der Waals surface area (Å²) in [6, 6.07) is 16.8. The van der Waals surface area contributed by atoms with E-state index >= 15 is 0 Å². The molecule has 0 saturated heterocycles. The predicted octanol–water partition coefficient (Wildman–Crippen LogP) is 3.63. The maximum Gasteiger partial charge on any atom is 0.252 e. The fraction of sp³-hybridized carbons (Fsp3) is 0.0909. The van der Waals surface area contributed by atoms with Crippen molar-refractivity contribution in [3.05, 3.63) is 84.3 Å². The number of benzene rings is 1. The van der Waals surface area contributed by atoms with Crippen LogP contribution in [0.5, 0.6) is 5.88 Å². The first-order valence-corrected chi connectivity index (χ1v) is 8.82. The molecule has 1 amide bonds. The fourth-order valence-corrected chi connectivity index (χ4v) is 2.95. The lowest BCUT2D eigenvalue weighted by molar-refractivity contribution is 0.0952. The number of pyridine rings is 3. The molecule has 0 saturated carbocycles. The number of amides is 1. The first-order valence-electron chi connectivity index (χ1n) is 8.82. The van der Waals surface area contributed by atoms with Gasteiger partial charge in [-0.15, -0.1) is 0 Å². The molecular weight excluding hydrogens is 352 g/mol. The maximum absolute atomic E-state index is 12.9. The molecule has 3 aromatic heterocycles. The summed E-state index contributed by atoms with van der Waals surface area (Å²) in [4.78, 5) is 25.8. The van der Waals surface area contributed by atoms with Crippen molar-refractivity contribution in [2.24, 2.45) is 0 Å².